The molecule has 0 radical (unpaired) electrons. The number of fused-ring (bicyclic) bond motifs is 1. The first-order valence-electron chi connectivity index (χ1n) is 8.73. The monoisotopic (exact) mass is 356 g/mol. The van der Waals surface area contributed by atoms with E-state index in [0.29, 0.717) is 31.9 Å². The quantitative estimate of drug-likeness (QED) is 0.790. The van der Waals surface area contributed by atoms with Crippen molar-refractivity contribution in [1.82, 2.24) is 9.80 Å². The molecule has 25 heavy (non-hydrogen) atoms. The van der Waals surface area contributed by atoms with Crippen molar-refractivity contribution < 1.29 is 9.59 Å². The SMILES string of the molecule is CC(C)C(=O)N1CCN(C(=O)CSc2ccc3ccccc3c2)CC1. The number of hydrogen-bond donors (Lipinski definition) is 0. The van der Waals surface area contributed by atoms with E-state index in [1.165, 1.54) is 10.8 Å². The Morgan fingerprint density at radius 2 is 1.60 bits per heavy atom. The minimum absolute atomic E-state index is 0.0192. The fourth-order valence-corrected chi connectivity index (χ4v) is 3.88. The van der Waals surface area contributed by atoms with Gasteiger partial charge in [-0.3, -0.25) is 9.59 Å². The summed E-state index contributed by atoms with van der Waals surface area (Å²) in [5.74, 6) is 0.786. The first-order chi connectivity index (χ1) is 12.0. The van der Waals surface area contributed by atoms with Crippen LogP contribution in [0.3, 0.4) is 0 Å². The van der Waals surface area contributed by atoms with E-state index >= 15 is 0 Å². The van der Waals surface area contributed by atoms with Crippen LogP contribution in [0.2, 0.25) is 0 Å². The minimum atomic E-state index is 0.0192. The number of hydrogen-bond acceptors (Lipinski definition) is 3. The van der Waals surface area contributed by atoms with E-state index in [1.807, 2.05) is 35.8 Å². The van der Waals surface area contributed by atoms with E-state index in [2.05, 4.69) is 30.3 Å². The zero-order valence-electron chi connectivity index (χ0n) is 14.8. The molecule has 1 aliphatic rings. The van der Waals surface area contributed by atoms with Crippen molar-refractivity contribution in [2.24, 2.45) is 5.92 Å². The summed E-state index contributed by atoms with van der Waals surface area (Å²) in [7, 11) is 0. The van der Waals surface area contributed by atoms with Crippen molar-refractivity contribution in [3.05, 3.63) is 42.5 Å². The standard InChI is InChI=1S/C20H24N2O2S/c1-15(2)20(24)22-11-9-21(10-12-22)19(23)14-25-18-8-7-16-5-3-4-6-17(16)13-18/h3-8,13,15H,9-12,14H2,1-2H3. The molecule has 0 aromatic heterocycles. The van der Waals surface area contributed by atoms with Gasteiger partial charge in [-0.25, -0.2) is 0 Å². The molecule has 2 aromatic rings. The molecule has 2 aromatic carbocycles. The molecular weight excluding hydrogens is 332 g/mol. The second-order valence-corrected chi connectivity index (χ2v) is 7.71. The number of amides is 2. The lowest BCUT2D eigenvalue weighted by Gasteiger charge is -2.35. The summed E-state index contributed by atoms with van der Waals surface area (Å²) in [5.41, 5.74) is 0. The van der Waals surface area contributed by atoms with Gasteiger partial charge in [0.1, 0.15) is 0 Å². The van der Waals surface area contributed by atoms with Gasteiger partial charge >= 0.3 is 0 Å². The topological polar surface area (TPSA) is 40.6 Å². The van der Waals surface area contributed by atoms with Gasteiger partial charge in [0.25, 0.3) is 0 Å². The molecule has 132 valence electrons. The van der Waals surface area contributed by atoms with E-state index in [-0.39, 0.29) is 17.7 Å². The molecule has 1 heterocycles. The Morgan fingerprint density at radius 1 is 0.960 bits per heavy atom. The maximum Gasteiger partial charge on any atom is 0.233 e. The highest BCUT2D eigenvalue weighted by atomic mass is 32.2. The molecule has 5 heteroatoms. The van der Waals surface area contributed by atoms with E-state index in [0.717, 1.165) is 4.90 Å². The Labute approximate surface area is 153 Å². The van der Waals surface area contributed by atoms with Gasteiger partial charge in [-0.05, 0) is 22.9 Å². The third kappa shape index (κ3) is 4.34. The first kappa shape index (κ1) is 17.8. The molecule has 0 N–H and O–H groups in total. The highest BCUT2D eigenvalue weighted by Gasteiger charge is 2.25. The molecule has 4 nitrogen and oxygen atoms in total. The second kappa shape index (κ2) is 7.91. The lowest BCUT2D eigenvalue weighted by molar-refractivity contribution is -0.140. The highest BCUT2D eigenvalue weighted by Crippen LogP contribution is 2.24. The van der Waals surface area contributed by atoms with Crippen LogP contribution in [-0.4, -0.2) is 53.5 Å². The fourth-order valence-electron chi connectivity index (χ4n) is 3.03. The highest BCUT2D eigenvalue weighted by molar-refractivity contribution is 8.00. The molecule has 1 aliphatic heterocycles. The summed E-state index contributed by atoms with van der Waals surface area (Å²) in [6.07, 6.45) is 0. The van der Waals surface area contributed by atoms with Crippen molar-refractivity contribution in [2.75, 3.05) is 31.9 Å². The lowest BCUT2D eigenvalue weighted by Crippen LogP contribution is -2.51. The Bertz CT molecular complexity index is 767. The predicted molar refractivity (Wildman–Crippen MR) is 103 cm³/mol. The van der Waals surface area contributed by atoms with Crippen LogP contribution >= 0.6 is 11.8 Å². The largest absolute Gasteiger partial charge is 0.339 e. The zero-order chi connectivity index (χ0) is 17.8. The molecular formula is C20H24N2O2S. The number of nitrogens with zero attached hydrogens (tertiary/aromatic N) is 2. The molecule has 0 saturated carbocycles. The number of benzene rings is 2. The lowest BCUT2D eigenvalue weighted by atomic mass is 10.1. The van der Waals surface area contributed by atoms with Gasteiger partial charge in [0.2, 0.25) is 11.8 Å². The molecule has 0 aliphatic carbocycles. The Hall–Kier alpha value is -2.01. The van der Waals surface area contributed by atoms with E-state index in [9.17, 15) is 9.59 Å². The smallest absolute Gasteiger partial charge is 0.233 e. The molecule has 0 unspecified atom stereocenters. The van der Waals surface area contributed by atoms with Crippen LogP contribution in [-0.2, 0) is 9.59 Å². The Balaban J connectivity index is 1.52. The van der Waals surface area contributed by atoms with Crippen molar-refractivity contribution in [3.63, 3.8) is 0 Å². The zero-order valence-corrected chi connectivity index (χ0v) is 15.6. The average molecular weight is 356 g/mol. The maximum atomic E-state index is 12.4. The summed E-state index contributed by atoms with van der Waals surface area (Å²) >= 11 is 1.58. The normalized spacial score (nSPS) is 15.0. The van der Waals surface area contributed by atoms with Crippen molar-refractivity contribution in [1.29, 1.82) is 0 Å². The van der Waals surface area contributed by atoms with Crippen molar-refractivity contribution >= 4 is 34.3 Å². The molecule has 2 amide bonds. The van der Waals surface area contributed by atoms with Gasteiger partial charge < -0.3 is 9.80 Å². The number of carbonyl (C=O) groups is 2. The van der Waals surface area contributed by atoms with Crippen LogP contribution in [0.25, 0.3) is 10.8 Å². The van der Waals surface area contributed by atoms with Gasteiger partial charge in [-0.15, -0.1) is 11.8 Å². The van der Waals surface area contributed by atoms with Gasteiger partial charge in [0, 0.05) is 37.0 Å². The van der Waals surface area contributed by atoms with Crippen LogP contribution in [0.5, 0.6) is 0 Å². The third-order valence-corrected chi connectivity index (χ3v) is 5.50. The van der Waals surface area contributed by atoms with Crippen molar-refractivity contribution in [3.8, 4) is 0 Å². The second-order valence-electron chi connectivity index (χ2n) is 6.66. The van der Waals surface area contributed by atoms with Crippen LogP contribution in [0.15, 0.2) is 47.4 Å². The number of rotatable bonds is 4. The predicted octanol–water partition coefficient (Wildman–Crippen LogP) is 3.26. The summed E-state index contributed by atoms with van der Waals surface area (Å²) < 4.78 is 0. The summed E-state index contributed by atoms with van der Waals surface area (Å²) in [6.45, 7) is 6.39. The summed E-state index contributed by atoms with van der Waals surface area (Å²) in [6, 6.07) is 14.5. The van der Waals surface area contributed by atoms with E-state index in [4.69, 9.17) is 0 Å². The molecule has 3 rings (SSSR count). The number of thioether (sulfide) groups is 1. The van der Waals surface area contributed by atoms with Gasteiger partial charge in [0.15, 0.2) is 0 Å². The Morgan fingerprint density at radius 3 is 2.28 bits per heavy atom. The minimum Gasteiger partial charge on any atom is -0.339 e. The van der Waals surface area contributed by atoms with Crippen LogP contribution in [0.1, 0.15) is 13.8 Å². The van der Waals surface area contributed by atoms with Gasteiger partial charge in [-0.1, -0.05) is 44.2 Å². The van der Waals surface area contributed by atoms with E-state index in [1.54, 1.807) is 11.8 Å². The number of carbonyl (C=O) groups excluding carboxylic acids is 2. The molecule has 1 fully saturated rings. The summed E-state index contributed by atoms with van der Waals surface area (Å²) in [5, 5.41) is 2.41. The fraction of sp³-hybridized carbons (Fsp3) is 0.400. The summed E-state index contributed by atoms with van der Waals surface area (Å²) in [4.78, 5) is 29.3. The first-order valence-corrected chi connectivity index (χ1v) is 9.71. The van der Waals surface area contributed by atoms with Gasteiger partial charge in [-0.2, -0.15) is 0 Å². The third-order valence-electron chi connectivity index (χ3n) is 4.52. The molecule has 0 spiro atoms. The van der Waals surface area contributed by atoms with Crippen molar-refractivity contribution in [2.45, 2.75) is 18.7 Å². The van der Waals surface area contributed by atoms with Crippen LogP contribution in [0.4, 0.5) is 0 Å². The molecule has 0 atom stereocenters. The van der Waals surface area contributed by atoms with Gasteiger partial charge in [0.05, 0.1) is 5.75 Å². The average Bonchev–Trinajstić information content (AvgIpc) is 2.65. The molecule has 0 bridgehead atoms. The maximum absolute atomic E-state index is 12.4. The van der Waals surface area contributed by atoms with Crippen LogP contribution < -0.4 is 0 Å². The Kier molecular flexibility index (Phi) is 5.63. The van der Waals surface area contributed by atoms with E-state index < -0.39 is 0 Å². The number of piperazine rings is 1. The van der Waals surface area contributed by atoms with Crippen LogP contribution in [0, 0.1) is 5.92 Å². The molecule has 1 saturated heterocycles.